The molecule has 0 radical (unpaired) electrons. The molecular formula is C17H18N2O3. The Morgan fingerprint density at radius 2 is 1.95 bits per heavy atom. The summed E-state index contributed by atoms with van der Waals surface area (Å²) < 4.78 is 5.65. The number of aromatic carboxylic acids is 1. The van der Waals surface area contributed by atoms with Crippen LogP contribution in [0.4, 0.5) is 5.69 Å². The number of carboxylic acid groups (broad SMARTS) is 1. The fourth-order valence-electron chi connectivity index (χ4n) is 1.79. The maximum Gasteiger partial charge on any atom is 0.335 e. The monoisotopic (exact) mass is 298 g/mol. The summed E-state index contributed by atoms with van der Waals surface area (Å²) in [7, 11) is 0. The number of ether oxygens (including phenoxy) is 1. The lowest BCUT2D eigenvalue weighted by atomic mass is 10.2. The second-order valence-corrected chi connectivity index (χ2v) is 4.64. The van der Waals surface area contributed by atoms with Gasteiger partial charge in [0.2, 0.25) is 0 Å². The van der Waals surface area contributed by atoms with Crippen LogP contribution in [0.1, 0.15) is 29.3 Å². The lowest BCUT2D eigenvalue weighted by molar-refractivity contribution is 0.0697. The van der Waals surface area contributed by atoms with Crippen molar-refractivity contribution in [2.75, 3.05) is 12.0 Å². The van der Waals surface area contributed by atoms with Gasteiger partial charge >= 0.3 is 5.97 Å². The van der Waals surface area contributed by atoms with Crippen LogP contribution < -0.4 is 10.2 Å². The first kappa shape index (κ1) is 15.6. The normalized spacial score (nSPS) is 10.6. The van der Waals surface area contributed by atoms with Crippen LogP contribution >= 0.6 is 0 Å². The van der Waals surface area contributed by atoms with Crippen LogP contribution in [0.5, 0.6) is 5.75 Å². The van der Waals surface area contributed by atoms with Gasteiger partial charge in [0.15, 0.2) is 0 Å². The number of para-hydroxylation sites is 1. The molecule has 0 spiro atoms. The lowest BCUT2D eigenvalue weighted by Crippen LogP contribution is -1.99. The Morgan fingerprint density at radius 3 is 2.64 bits per heavy atom. The largest absolute Gasteiger partial charge is 0.493 e. The van der Waals surface area contributed by atoms with Crippen LogP contribution in [0.25, 0.3) is 0 Å². The van der Waals surface area contributed by atoms with Crippen LogP contribution in [-0.4, -0.2) is 23.9 Å². The molecule has 2 rings (SSSR count). The molecule has 0 amide bonds. The number of nitrogens with one attached hydrogen (secondary N) is 1. The zero-order chi connectivity index (χ0) is 15.8. The molecule has 2 N–H and O–H groups in total. The molecule has 0 aromatic heterocycles. The summed E-state index contributed by atoms with van der Waals surface area (Å²) in [5.74, 6) is -0.159. The topological polar surface area (TPSA) is 70.9 Å². The van der Waals surface area contributed by atoms with Crippen LogP contribution in [0.3, 0.4) is 0 Å². The highest BCUT2D eigenvalue weighted by atomic mass is 16.5. The Balaban J connectivity index is 2.01. The first-order valence-corrected chi connectivity index (χ1v) is 7.05. The predicted molar refractivity (Wildman–Crippen MR) is 86.8 cm³/mol. The van der Waals surface area contributed by atoms with E-state index in [2.05, 4.69) is 17.5 Å². The zero-order valence-corrected chi connectivity index (χ0v) is 12.3. The van der Waals surface area contributed by atoms with Gasteiger partial charge in [0.05, 0.1) is 24.1 Å². The molecule has 0 atom stereocenters. The zero-order valence-electron chi connectivity index (χ0n) is 12.3. The first-order valence-electron chi connectivity index (χ1n) is 7.05. The second-order valence-electron chi connectivity index (χ2n) is 4.64. The number of hydrogen-bond acceptors (Lipinski definition) is 4. The van der Waals surface area contributed by atoms with E-state index in [1.54, 1.807) is 18.3 Å². The maximum atomic E-state index is 10.8. The summed E-state index contributed by atoms with van der Waals surface area (Å²) >= 11 is 0. The average Bonchev–Trinajstić information content (AvgIpc) is 2.54. The van der Waals surface area contributed by atoms with Gasteiger partial charge in [0, 0.05) is 5.56 Å². The van der Waals surface area contributed by atoms with E-state index in [0.29, 0.717) is 12.3 Å². The summed E-state index contributed by atoms with van der Waals surface area (Å²) in [6.07, 6.45) is 2.62. The summed E-state index contributed by atoms with van der Waals surface area (Å²) in [5, 5.41) is 13.0. The molecule has 5 nitrogen and oxygen atoms in total. The lowest BCUT2D eigenvalue weighted by Gasteiger charge is -2.07. The van der Waals surface area contributed by atoms with Crippen LogP contribution in [-0.2, 0) is 0 Å². The summed E-state index contributed by atoms with van der Waals surface area (Å²) in [6.45, 7) is 2.72. The second kappa shape index (κ2) is 7.83. The molecule has 0 heterocycles. The molecule has 2 aromatic carbocycles. The van der Waals surface area contributed by atoms with Gasteiger partial charge in [0.1, 0.15) is 5.75 Å². The standard InChI is InChI=1S/C17H18N2O3/c1-2-11-22-16-6-4-3-5-14(16)12-18-19-15-9-7-13(8-10-15)17(20)21/h3-10,12,19H,2,11H2,1H3,(H,20,21)/b18-12+. The third kappa shape index (κ3) is 4.34. The molecule has 0 aliphatic carbocycles. The van der Waals surface area contributed by atoms with Gasteiger partial charge in [-0.05, 0) is 42.8 Å². The van der Waals surface area contributed by atoms with Gasteiger partial charge in [-0.15, -0.1) is 0 Å². The van der Waals surface area contributed by atoms with Crippen molar-refractivity contribution < 1.29 is 14.6 Å². The molecule has 0 unspecified atom stereocenters. The van der Waals surface area contributed by atoms with Crippen molar-refractivity contribution >= 4 is 17.9 Å². The number of nitrogens with zero attached hydrogens (tertiary/aromatic N) is 1. The minimum atomic E-state index is -0.947. The fourth-order valence-corrected chi connectivity index (χ4v) is 1.79. The summed E-state index contributed by atoms with van der Waals surface area (Å²) in [5.41, 5.74) is 4.70. The number of anilines is 1. The molecule has 0 bridgehead atoms. The van der Waals surface area contributed by atoms with E-state index in [4.69, 9.17) is 9.84 Å². The Morgan fingerprint density at radius 1 is 1.23 bits per heavy atom. The molecule has 114 valence electrons. The minimum absolute atomic E-state index is 0.243. The quantitative estimate of drug-likeness (QED) is 0.605. The highest BCUT2D eigenvalue weighted by Gasteiger charge is 2.01. The number of benzene rings is 2. The molecule has 0 aliphatic rings. The van der Waals surface area contributed by atoms with Gasteiger partial charge in [0.25, 0.3) is 0 Å². The van der Waals surface area contributed by atoms with Gasteiger partial charge < -0.3 is 9.84 Å². The molecule has 2 aromatic rings. The van der Waals surface area contributed by atoms with Crippen molar-refractivity contribution in [3.8, 4) is 5.75 Å². The SMILES string of the molecule is CCCOc1ccccc1/C=N/Nc1ccc(C(=O)O)cc1. The van der Waals surface area contributed by atoms with Gasteiger partial charge in [-0.1, -0.05) is 19.1 Å². The molecule has 22 heavy (non-hydrogen) atoms. The Bertz CT molecular complexity index is 651. The average molecular weight is 298 g/mol. The fraction of sp³-hybridized carbons (Fsp3) is 0.176. The summed E-state index contributed by atoms with van der Waals surface area (Å²) in [6, 6.07) is 14.0. The van der Waals surface area contributed by atoms with Gasteiger partial charge in [-0.2, -0.15) is 5.10 Å². The number of carbonyl (C=O) groups is 1. The smallest absolute Gasteiger partial charge is 0.335 e. The van der Waals surface area contributed by atoms with Crippen LogP contribution in [0.2, 0.25) is 0 Å². The number of carboxylic acids is 1. The molecule has 0 saturated heterocycles. The summed E-state index contributed by atoms with van der Waals surface area (Å²) in [4.78, 5) is 10.8. The van der Waals surface area contributed by atoms with Gasteiger partial charge in [-0.3, -0.25) is 5.43 Å². The molecule has 5 heteroatoms. The molecular weight excluding hydrogens is 280 g/mol. The maximum absolute atomic E-state index is 10.8. The van der Waals surface area contributed by atoms with E-state index in [0.717, 1.165) is 17.7 Å². The van der Waals surface area contributed by atoms with Crippen molar-refractivity contribution in [3.63, 3.8) is 0 Å². The highest BCUT2D eigenvalue weighted by molar-refractivity contribution is 5.88. The predicted octanol–water partition coefficient (Wildman–Crippen LogP) is 3.62. The number of hydrazone groups is 1. The third-order valence-electron chi connectivity index (χ3n) is 2.91. The number of hydrogen-bond donors (Lipinski definition) is 2. The van der Waals surface area contributed by atoms with E-state index >= 15 is 0 Å². The Labute approximate surface area is 129 Å². The van der Waals surface area contributed by atoms with Crippen molar-refractivity contribution in [3.05, 3.63) is 59.7 Å². The highest BCUT2D eigenvalue weighted by Crippen LogP contribution is 2.16. The molecule has 0 saturated carbocycles. The van der Waals surface area contributed by atoms with E-state index in [9.17, 15) is 4.79 Å². The first-order chi connectivity index (χ1) is 10.7. The molecule has 0 aliphatic heterocycles. The van der Waals surface area contributed by atoms with Crippen molar-refractivity contribution in [1.29, 1.82) is 0 Å². The van der Waals surface area contributed by atoms with Crippen molar-refractivity contribution in [2.24, 2.45) is 5.10 Å². The van der Waals surface area contributed by atoms with Crippen LogP contribution in [0.15, 0.2) is 53.6 Å². The van der Waals surface area contributed by atoms with Crippen molar-refractivity contribution in [2.45, 2.75) is 13.3 Å². The van der Waals surface area contributed by atoms with E-state index in [1.165, 1.54) is 12.1 Å². The van der Waals surface area contributed by atoms with E-state index in [-0.39, 0.29) is 5.56 Å². The Hall–Kier alpha value is -2.82. The third-order valence-corrected chi connectivity index (χ3v) is 2.91. The molecule has 0 fully saturated rings. The van der Waals surface area contributed by atoms with E-state index < -0.39 is 5.97 Å². The van der Waals surface area contributed by atoms with Gasteiger partial charge in [-0.25, -0.2) is 4.79 Å². The van der Waals surface area contributed by atoms with Crippen molar-refractivity contribution in [1.82, 2.24) is 0 Å². The van der Waals surface area contributed by atoms with Crippen LogP contribution in [0, 0.1) is 0 Å². The number of rotatable bonds is 7. The minimum Gasteiger partial charge on any atom is -0.493 e. The van der Waals surface area contributed by atoms with E-state index in [1.807, 2.05) is 24.3 Å². The Kier molecular flexibility index (Phi) is 5.54.